The van der Waals surface area contributed by atoms with Gasteiger partial charge in [-0.05, 0) is 42.7 Å². The van der Waals surface area contributed by atoms with Crippen LogP contribution < -0.4 is 20.1 Å². The molecule has 2 fully saturated rings. The second-order valence-electron chi connectivity index (χ2n) is 12.1. The van der Waals surface area contributed by atoms with Crippen LogP contribution >= 0.6 is 11.3 Å². The van der Waals surface area contributed by atoms with Crippen molar-refractivity contribution in [2.75, 3.05) is 48.6 Å². The molecule has 2 aliphatic rings. The molecule has 50 heavy (non-hydrogen) atoms. The summed E-state index contributed by atoms with van der Waals surface area (Å²) in [5.41, 5.74) is 0.527. The molecule has 0 atom stereocenters. The van der Waals surface area contributed by atoms with Crippen LogP contribution in [-0.2, 0) is 31.1 Å². The highest BCUT2D eigenvalue weighted by Crippen LogP contribution is 2.40. The number of hydrogen-bond acceptors (Lipinski definition) is 10. The van der Waals surface area contributed by atoms with E-state index in [1.165, 1.54) is 0 Å². The lowest BCUT2D eigenvalue weighted by atomic mass is 9.90. The number of thiophene rings is 1. The summed E-state index contributed by atoms with van der Waals surface area (Å²) < 4.78 is 124. The molecule has 2 heterocycles. The lowest BCUT2D eigenvalue weighted by Gasteiger charge is -2.39. The van der Waals surface area contributed by atoms with E-state index in [2.05, 4.69) is 27.4 Å². The zero-order chi connectivity index (χ0) is 36.3. The number of hydrogen-bond donors (Lipinski definition) is 3. The minimum absolute atomic E-state index is 0.0115. The molecule has 18 heteroatoms. The Balaban J connectivity index is 1.33. The van der Waals surface area contributed by atoms with Gasteiger partial charge in [-0.3, -0.25) is 9.69 Å². The lowest BCUT2D eigenvalue weighted by molar-refractivity contribution is -0.127. The third-order valence-corrected chi connectivity index (χ3v) is 12.8. The Morgan fingerprint density at radius 1 is 1.10 bits per heavy atom. The number of sulfone groups is 1. The van der Waals surface area contributed by atoms with Gasteiger partial charge in [0.1, 0.15) is 16.5 Å². The molecule has 1 aliphatic carbocycles. The van der Waals surface area contributed by atoms with E-state index in [9.17, 15) is 43.6 Å². The Labute approximate surface area is 290 Å². The molecule has 0 bridgehead atoms. The topological polar surface area (TPSA) is 134 Å². The number of benzene rings is 2. The fourth-order valence-corrected chi connectivity index (χ4v) is 9.69. The first-order valence-corrected chi connectivity index (χ1v) is 19.8. The summed E-state index contributed by atoms with van der Waals surface area (Å²) in [6.45, 7) is 0.328. The largest absolute Gasteiger partial charge is 0.461 e. The van der Waals surface area contributed by atoms with Gasteiger partial charge in [-0.1, -0.05) is 24.0 Å². The fraction of sp³-hybridized carbons (Fsp3) is 0.469. The van der Waals surface area contributed by atoms with Crippen LogP contribution in [0.3, 0.4) is 0 Å². The van der Waals surface area contributed by atoms with Gasteiger partial charge in [0.2, 0.25) is 12.8 Å². The first-order chi connectivity index (χ1) is 23.5. The van der Waals surface area contributed by atoms with Gasteiger partial charge in [-0.2, -0.15) is 13.2 Å². The van der Waals surface area contributed by atoms with Gasteiger partial charge in [0, 0.05) is 44.2 Å². The zero-order valence-electron chi connectivity index (χ0n) is 26.8. The van der Waals surface area contributed by atoms with Gasteiger partial charge in [0.25, 0.3) is 10.0 Å². The molecule has 1 saturated heterocycles. The predicted molar refractivity (Wildman–Crippen MR) is 181 cm³/mol. The van der Waals surface area contributed by atoms with Crippen molar-refractivity contribution in [2.45, 2.75) is 62.2 Å². The number of amides is 1. The van der Waals surface area contributed by atoms with E-state index in [4.69, 9.17) is 4.74 Å². The number of fused-ring (bicyclic) bond motifs is 1. The first kappa shape index (κ1) is 37.6. The van der Waals surface area contributed by atoms with Crippen molar-refractivity contribution in [3.05, 3.63) is 46.6 Å². The predicted octanol–water partition coefficient (Wildman–Crippen LogP) is 5.19. The molecule has 1 saturated carbocycles. The maximum atomic E-state index is 14.8. The van der Waals surface area contributed by atoms with Crippen molar-refractivity contribution in [1.29, 1.82) is 0 Å². The van der Waals surface area contributed by atoms with Gasteiger partial charge in [-0.15, -0.1) is 11.3 Å². The molecule has 2 aromatic carbocycles. The Kier molecular flexibility index (Phi) is 11.5. The first-order valence-electron chi connectivity index (χ1n) is 15.7. The number of carbonyl (C=O) groups excluding carboxylic acids is 1. The Morgan fingerprint density at radius 2 is 1.80 bits per heavy atom. The molecule has 1 amide bonds. The van der Waals surface area contributed by atoms with Crippen molar-refractivity contribution in [3.8, 4) is 17.6 Å². The highest BCUT2D eigenvalue weighted by Gasteiger charge is 2.33. The van der Waals surface area contributed by atoms with Gasteiger partial charge in [-0.25, -0.2) is 30.3 Å². The summed E-state index contributed by atoms with van der Waals surface area (Å²) in [7, 11) is -7.59. The number of alkyl halides is 4. The summed E-state index contributed by atoms with van der Waals surface area (Å²) >= 11 is 1.11. The van der Waals surface area contributed by atoms with Crippen LogP contribution in [-0.4, -0.2) is 83.9 Å². The summed E-state index contributed by atoms with van der Waals surface area (Å²) in [5.74, 6) is 3.19. The number of sulfonamides is 1. The molecular weight excluding hydrogens is 728 g/mol. The van der Waals surface area contributed by atoms with Gasteiger partial charge in [0.15, 0.2) is 9.84 Å². The number of nitrogens with zero attached hydrogens (tertiary/aromatic N) is 1. The average molecular weight is 763 g/mol. The maximum absolute atomic E-state index is 14.8. The highest BCUT2D eigenvalue weighted by atomic mass is 32.2. The zero-order valence-corrected chi connectivity index (χ0v) is 29.3. The van der Waals surface area contributed by atoms with E-state index in [-0.39, 0.29) is 40.2 Å². The minimum Gasteiger partial charge on any atom is -0.461 e. The summed E-state index contributed by atoms with van der Waals surface area (Å²) in [6, 6.07) is 6.91. The van der Waals surface area contributed by atoms with E-state index in [1.54, 1.807) is 16.9 Å². The summed E-state index contributed by atoms with van der Waals surface area (Å²) in [5, 5.41) is 6.60. The molecular formula is C32H35F5N4O6S3. The van der Waals surface area contributed by atoms with E-state index in [0.717, 1.165) is 50.0 Å². The van der Waals surface area contributed by atoms with Crippen LogP contribution in [0.25, 0.3) is 10.1 Å². The van der Waals surface area contributed by atoms with Crippen molar-refractivity contribution >= 4 is 58.6 Å². The summed E-state index contributed by atoms with van der Waals surface area (Å²) in [6.07, 6.45) is -2.35. The van der Waals surface area contributed by atoms with Gasteiger partial charge < -0.3 is 15.4 Å². The van der Waals surface area contributed by atoms with E-state index >= 15 is 0 Å². The summed E-state index contributed by atoms with van der Waals surface area (Å²) in [4.78, 5) is 12.7. The minimum atomic E-state index is -4.61. The third-order valence-electron chi connectivity index (χ3n) is 8.53. The molecule has 3 aromatic rings. The second kappa shape index (κ2) is 15.3. The highest BCUT2D eigenvalue weighted by molar-refractivity contribution is 7.91. The molecule has 1 aliphatic heterocycles. The van der Waals surface area contributed by atoms with Crippen LogP contribution in [0, 0.1) is 17.7 Å². The quantitative estimate of drug-likeness (QED) is 0.189. The maximum Gasteiger partial charge on any atom is 0.393 e. The average Bonchev–Trinajstić information content (AvgIpc) is 3.36. The van der Waals surface area contributed by atoms with Crippen LogP contribution in [0.4, 0.5) is 33.3 Å². The van der Waals surface area contributed by atoms with Crippen molar-refractivity contribution in [2.24, 2.45) is 0 Å². The molecule has 0 radical (unpaired) electrons. The number of anilines is 2. The van der Waals surface area contributed by atoms with Crippen LogP contribution in [0.5, 0.6) is 5.75 Å². The number of ether oxygens (including phenoxy) is 1. The van der Waals surface area contributed by atoms with E-state index in [1.807, 2.05) is 6.07 Å². The van der Waals surface area contributed by atoms with Crippen molar-refractivity contribution in [1.82, 2.24) is 9.62 Å². The van der Waals surface area contributed by atoms with Crippen molar-refractivity contribution in [3.63, 3.8) is 0 Å². The second-order valence-corrected chi connectivity index (χ2v) is 17.0. The third kappa shape index (κ3) is 9.36. The number of carbonyl (C=O) groups is 1. The van der Waals surface area contributed by atoms with Crippen LogP contribution in [0.15, 0.2) is 35.2 Å². The molecule has 272 valence electrons. The Morgan fingerprint density at radius 3 is 2.44 bits per heavy atom. The molecule has 10 nitrogen and oxygen atoms in total. The van der Waals surface area contributed by atoms with Gasteiger partial charge in [0.05, 0.1) is 45.4 Å². The smallest absolute Gasteiger partial charge is 0.393 e. The number of rotatable bonds is 10. The molecule has 3 N–H and O–H groups in total. The lowest BCUT2D eigenvalue weighted by Crippen LogP contribution is -2.48. The van der Waals surface area contributed by atoms with Crippen LogP contribution in [0.1, 0.15) is 43.0 Å². The fourth-order valence-electron chi connectivity index (χ4n) is 6.22. The number of nitrogens with one attached hydrogen (secondary N) is 3. The standard InChI is InChI=1S/C32H35F5N4O6S3/c1-20(42)40-50(45,46)30-17-28(47-19-33)27(16-25(30)34)38-11-3-6-29-24(18-32(35,36)37)23-4-2-5-26(31(23)48-29)39-21-7-9-22(10-8-21)41-12-14-49(43,44)15-13-41/h2,4-5,16-17,21-22,38-39H,7-15,18-19H2,1H3,(H,40,42). The Bertz CT molecular complexity index is 2000. The molecule has 0 unspecified atom stereocenters. The van der Waals surface area contributed by atoms with Crippen molar-refractivity contribution < 1.29 is 48.3 Å². The van der Waals surface area contributed by atoms with Crippen LogP contribution in [0.2, 0.25) is 0 Å². The Hall–Kier alpha value is -3.66. The monoisotopic (exact) mass is 762 g/mol. The molecule has 5 rings (SSSR count). The van der Waals surface area contributed by atoms with E-state index < -0.39 is 61.7 Å². The van der Waals surface area contributed by atoms with E-state index in [0.29, 0.717) is 41.0 Å². The SMILES string of the molecule is CC(=O)NS(=O)(=O)c1cc(OCF)c(NCC#Cc2sc3c(NC4CCC(N5CCS(=O)(=O)CC5)CC4)cccc3c2CC(F)(F)F)cc1F. The normalized spacial score (nSPS) is 19.7. The number of halogens is 5. The molecule has 0 spiro atoms. The van der Waals surface area contributed by atoms with Gasteiger partial charge >= 0.3 is 6.18 Å². The molecule has 1 aromatic heterocycles.